The fraction of sp³-hybridized carbons (Fsp3) is 0.200. The van der Waals surface area contributed by atoms with Crippen molar-refractivity contribution in [3.05, 3.63) is 53.8 Å². The van der Waals surface area contributed by atoms with Gasteiger partial charge in [0.1, 0.15) is 0 Å². The number of carboxylic acids is 1. The summed E-state index contributed by atoms with van der Waals surface area (Å²) in [5, 5.41) is 10.9. The summed E-state index contributed by atoms with van der Waals surface area (Å²) in [5.74, 6) is -0.790. The molecular weight excluding hydrogens is 286 g/mol. The molecule has 1 N–H and O–H groups in total. The Bertz CT molecular complexity index is 707. The molecule has 6 heteroatoms. The van der Waals surface area contributed by atoms with E-state index in [4.69, 9.17) is 5.11 Å². The molecule has 0 bridgehead atoms. The summed E-state index contributed by atoms with van der Waals surface area (Å²) in [6.45, 7) is 1.07. The first-order chi connectivity index (χ1) is 10.2. The molecule has 2 heterocycles. The highest BCUT2D eigenvalue weighted by Gasteiger charge is 2.12. The molecule has 0 unspecified atom stereocenters. The fourth-order valence-electron chi connectivity index (χ4n) is 2.22. The number of rotatable bonds is 6. The van der Waals surface area contributed by atoms with Gasteiger partial charge in [-0.3, -0.25) is 9.20 Å². The molecule has 0 aliphatic rings. The summed E-state index contributed by atoms with van der Waals surface area (Å²) in [6.07, 6.45) is 4.07. The first-order valence-electron chi connectivity index (χ1n) is 6.65. The van der Waals surface area contributed by atoms with Gasteiger partial charge in [-0.05, 0) is 12.1 Å². The number of thiazole rings is 1. The number of aromatic nitrogens is 2. The van der Waals surface area contributed by atoms with E-state index in [0.29, 0.717) is 13.1 Å². The van der Waals surface area contributed by atoms with Gasteiger partial charge < -0.3 is 10.0 Å². The standard InChI is InChI=1S/C15H15N3O2S/c19-14(20)6-7-17(13-4-2-1-3-5-13)10-12-11-18-8-9-21-15(18)16-12/h1-5,8-9,11H,6-7,10H2,(H,19,20). The van der Waals surface area contributed by atoms with Gasteiger partial charge in [-0.1, -0.05) is 18.2 Å². The minimum absolute atomic E-state index is 0.108. The van der Waals surface area contributed by atoms with E-state index in [9.17, 15) is 4.79 Å². The third kappa shape index (κ3) is 3.22. The van der Waals surface area contributed by atoms with Crippen LogP contribution < -0.4 is 4.90 Å². The van der Waals surface area contributed by atoms with Crippen molar-refractivity contribution in [2.24, 2.45) is 0 Å². The molecule has 108 valence electrons. The summed E-state index contributed by atoms with van der Waals surface area (Å²) in [5.41, 5.74) is 1.95. The number of hydrogen-bond donors (Lipinski definition) is 1. The highest BCUT2D eigenvalue weighted by molar-refractivity contribution is 7.15. The van der Waals surface area contributed by atoms with E-state index in [-0.39, 0.29) is 6.42 Å². The van der Waals surface area contributed by atoms with E-state index in [0.717, 1.165) is 16.3 Å². The largest absolute Gasteiger partial charge is 0.481 e. The lowest BCUT2D eigenvalue weighted by Crippen LogP contribution is -2.25. The van der Waals surface area contributed by atoms with Gasteiger partial charge in [0.2, 0.25) is 0 Å². The van der Waals surface area contributed by atoms with Crippen LogP contribution in [0.15, 0.2) is 48.1 Å². The number of carboxylic acid groups (broad SMARTS) is 1. The SMILES string of the molecule is O=C(O)CCN(Cc1cn2ccsc2n1)c1ccccc1. The summed E-state index contributed by atoms with van der Waals surface area (Å²) >= 11 is 1.59. The molecule has 0 amide bonds. The maximum Gasteiger partial charge on any atom is 0.305 e. The number of hydrogen-bond acceptors (Lipinski definition) is 4. The lowest BCUT2D eigenvalue weighted by atomic mass is 10.2. The molecule has 0 atom stereocenters. The van der Waals surface area contributed by atoms with Crippen molar-refractivity contribution in [1.29, 1.82) is 0 Å². The fourth-order valence-corrected chi connectivity index (χ4v) is 2.94. The van der Waals surface area contributed by atoms with E-state index in [1.54, 1.807) is 11.3 Å². The summed E-state index contributed by atoms with van der Waals surface area (Å²) in [7, 11) is 0. The topological polar surface area (TPSA) is 57.8 Å². The van der Waals surface area contributed by atoms with Crippen molar-refractivity contribution in [2.75, 3.05) is 11.4 Å². The minimum Gasteiger partial charge on any atom is -0.481 e. The maximum absolute atomic E-state index is 10.8. The summed E-state index contributed by atoms with van der Waals surface area (Å²) in [4.78, 5) is 18.4. The zero-order valence-electron chi connectivity index (χ0n) is 11.3. The molecule has 0 saturated heterocycles. The highest BCUT2D eigenvalue weighted by Crippen LogP contribution is 2.18. The monoisotopic (exact) mass is 301 g/mol. The molecule has 0 radical (unpaired) electrons. The second-order valence-corrected chi connectivity index (χ2v) is 5.60. The first kappa shape index (κ1) is 13.6. The average molecular weight is 301 g/mol. The van der Waals surface area contributed by atoms with Gasteiger partial charge in [-0.25, -0.2) is 4.98 Å². The number of para-hydroxylation sites is 1. The van der Waals surface area contributed by atoms with Gasteiger partial charge in [0.15, 0.2) is 4.96 Å². The van der Waals surface area contributed by atoms with E-state index in [1.807, 2.05) is 57.4 Å². The normalized spacial score (nSPS) is 10.9. The number of imidazole rings is 1. The van der Waals surface area contributed by atoms with Crippen LogP contribution in [0.1, 0.15) is 12.1 Å². The molecule has 5 nitrogen and oxygen atoms in total. The van der Waals surface area contributed by atoms with Crippen molar-refractivity contribution >= 4 is 28.0 Å². The van der Waals surface area contributed by atoms with Crippen LogP contribution in [0.2, 0.25) is 0 Å². The van der Waals surface area contributed by atoms with Crippen LogP contribution >= 0.6 is 11.3 Å². The van der Waals surface area contributed by atoms with E-state index in [2.05, 4.69) is 4.98 Å². The molecule has 0 spiro atoms. The van der Waals surface area contributed by atoms with Crippen LogP contribution in [-0.2, 0) is 11.3 Å². The van der Waals surface area contributed by atoms with Crippen LogP contribution in [0.25, 0.3) is 4.96 Å². The molecule has 21 heavy (non-hydrogen) atoms. The number of fused-ring (bicyclic) bond motifs is 1. The van der Waals surface area contributed by atoms with Gasteiger partial charge in [0.25, 0.3) is 0 Å². The van der Waals surface area contributed by atoms with Crippen LogP contribution in [0.3, 0.4) is 0 Å². The van der Waals surface area contributed by atoms with Gasteiger partial charge in [0, 0.05) is 30.0 Å². The Morgan fingerprint density at radius 2 is 2.14 bits per heavy atom. The number of benzene rings is 1. The Morgan fingerprint density at radius 3 is 2.86 bits per heavy atom. The zero-order valence-corrected chi connectivity index (χ0v) is 12.2. The molecule has 0 aliphatic carbocycles. The van der Waals surface area contributed by atoms with Gasteiger partial charge in [-0.15, -0.1) is 11.3 Å². The van der Waals surface area contributed by atoms with Gasteiger partial charge >= 0.3 is 5.97 Å². The first-order valence-corrected chi connectivity index (χ1v) is 7.53. The Hall–Kier alpha value is -2.34. The smallest absolute Gasteiger partial charge is 0.305 e. The minimum atomic E-state index is -0.790. The van der Waals surface area contributed by atoms with Crippen molar-refractivity contribution in [1.82, 2.24) is 9.38 Å². The highest BCUT2D eigenvalue weighted by atomic mass is 32.1. The van der Waals surface area contributed by atoms with Crippen molar-refractivity contribution in [3.8, 4) is 0 Å². The number of carbonyl (C=O) groups is 1. The average Bonchev–Trinajstić information content (AvgIpc) is 3.05. The Morgan fingerprint density at radius 1 is 1.33 bits per heavy atom. The van der Waals surface area contributed by atoms with Crippen LogP contribution in [-0.4, -0.2) is 27.0 Å². The van der Waals surface area contributed by atoms with Crippen LogP contribution in [0.5, 0.6) is 0 Å². The second kappa shape index (κ2) is 5.97. The quantitative estimate of drug-likeness (QED) is 0.760. The summed E-state index contributed by atoms with van der Waals surface area (Å²) < 4.78 is 1.99. The molecular formula is C15H15N3O2S. The van der Waals surface area contributed by atoms with Crippen molar-refractivity contribution in [3.63, 3.8) is 0 Å². The zero-order chi connectivity index (χ0) is 14.7. The predicted octanol–water partition coefficient (Wildman–Crippen LogP) is 2.88. The lowest BCUT2D eigenvalue weighted by Gasteiger charge is -2.23. The van der Waals surface area contributed by atoms with Gasteiger partial charge in [0.05, 0.1) is 18.7 Å². The van der Waals surface area contributed by atoms with E-state index < -0.39 is 5.97 Å². The molecule has 3 rings (SSSR count). The number of aliphatic carboxylic acids is 1. The Kier molecular flexibility index (Phi) is 3.87. The molecule has 3 aromatic rings. The molecule has 2 aromatic heterocycles. The third-order valence-corrected chi connectivity index (χ3v) is 3.98. The lowest BCUT2D eigenvalue weighted by molar-refractivity contribution is -0.136. The third-order valence-electron chi connectivity index (χ3n) is 3.21. The summed E-state index contributed by atoms with van der Waals surface area (Å²) in [6, 6.07) is 9.83. The molecule has 0 saturated carbocycles. The molecule has 0 fully saturated rings. The second-order valence-electron chi connectivity index (χ2n) is 4.73. The Labute approximate surface area is 126 Å². The van der Waals surface area contributed by atoms with E-state index in [1.165, 1.54) is 0 Å². The van der Waals surface area contributed by atoms with Crippen LogP contribution in [0.4, 0.5) is 5.69 Å². The molecule has 0 aliphatic heterocycles. The van der Waals surface area contributed by atoms with Crippen molar-refractivity contribution in [2.45, 2.75) is 13.0 Å². The van der Waals surface area contributed by atoms with E-state index >= 15 is 0 Å². The maximum atomic E-state index is 10.8. The molecule has 1 aromatic carbocycles. The number of nitrogens with zero attached hydrogens (tertiary/aromatic N) is 3. The van der Waals surface area contributed by atoms with Crippen molar-refractivity contribution < 1.29 is 9.90 Å². The Balaban J connectivity index is 1.81. The predicted molar refractivity (Wildman–Crippen MR) is 82.8 cm³/mol. The number of anilines is 1. The van der Waals surface area contributed by atoms with Crippen LogP contribution in [0, 0.1) is 0 Å². The van der Waals surface area contributed by atoms with Gasteiger partial charge in [-0.2, -0.15) is 0 Å².